The molecule has 2 aromatic carbocycles. The zero-order valence-corrected chi connectivity index (χ0v) is 21.2. The largest absolute Gasteiger partial charge is 0.301 e. The van der Waals surface area contributed by atoms with Crippen LogP contribution in [-0.2, 0) is 17.6 Å². The van der Waals surface area contributed by atoms with Gasteiger partial charge in [0, 0.05) is 16.6 Å². The number of rotatable bonds is 6. The van der Waals surface area contributed by atoms with E-state index >= 15 is 0 Å². The van der Waals surface area contributed by atoms with Gasteiger partial charge < -0.3 is 5.32 Å². The van der Waals surface area contributed by atoms with Crippen molar-refractivity contribution in [2.24, 2.45) is 0 Å². The number of aryl methyl sites for hydroxylation is 1. The molecule has 4 aromatic rings. The third-order valence-corrected chi connectivity index (χ3v) is 8.14. The number of halogens is 1. The third kappa shape index (κ3) is 5.32. The number of pyridine rings is 1. The van der Waals surface area contributed by atoms with Crippen molar-refractivity contribution < 1.29 is 9.18 Å². The Morgan fingerprint density at radius 3 is 2.72 bits per heavy atom. The molecule has 2 atom stereocenters. The Kier molecular flexibility index (Phi) is 7.12. The van der Waals surface area contributed by atoms with Crippen LogP contribution in [0.4, 0.5) is 9.52 Å². The standard InChI is InChI=1S/C28H23FN4OS2/c1-17(26(34)33-28-32-25(16-35-28)19-7-10-23(29)11-8-19)36-27-22(15-30)14-21-13-20(9-12-24(21)31-27)18-5-3-2-4-6-18/h2-8,10-11,14,16-17,20H,9,12-13H2,1H3,(H,32,33,34). The summed E-state index contributed by atoms with van der Waals surface area (Å²) in [4.78, 5) is 22.1. The number of nitrogens with one attached hydrogen (secondary N) is 1. The summed E-state index contributed by atoms with van der Waals surface area (Å²) in [7, 11) is 0. The average Bonchev–Trinajstić information content (AvgIpc) is 3.37. The van der Waals surface area contributed by atoms with Crippen LogP contribution in [0.25, 0.3) is 11.3 Å². The summed E-state index contributed by atoms with van der Waals surface area (Å²) in [6.07, 6.45) is 2.72. The molecule has 0 spiro atoms. The van der Waals surface area contributed by atoms with Crippen molar-refractivity contribution >= 4 is 34.1 Å². The first-order valence-electron chi connectivity index (χ1n) is 11.7. The van der Waals surface area contributed by atoms with Gasteiger partial charge >= 0.3 is 0 Å². The van der Waals surface area contributed by atoms with Gasteiger partial charge in [0.05, 0.1) is 16.5 Å². The first-order chi connectivity index (χ1) is 17.5. The van der Waals surface area contributed by atoms with Gasteiger partial charge in [-0.05, 0) is 73.6 Å². The molecule has 2 aromatic heterocycles. The highest BCUT2D eigenvalue weighted by atomic mass is 32.2. The van der Waals surface area contributed by atoms with E-state index in [0.29, 0.717) is 27.3 Å². The van der Waals surface area contributed by atoms with Gasteiger partial charge in [0.15, 0.2) is 5.13 Å². The van der Waals surface area contributed by atoms with E-state index in [2.05, 4.69) is 40.6 Å². The Morgan fingerprint density at radius 2 is 1.97 bits per heavy atom. The fourth-order valence-corrected chi connectivity index (χ4v) is 5.96. The molecule has 1 N–H and O–H groups in total. The maximum absolute atomic E-state index is 13.2. The molecule has 180 valence electrons. The number of hydrogen-bond acceptors (Lipinski definition) is 6. The van der Waals surface area contributed by atoms with Crippen molar-refractivity contribution in [3.63, 3.8) is 0 Å². The Labute approximate surface area is 217 Å². The Balaban J connectivity index is 1.26. The zero-order chi connectivity index (χ0) is 25.1. The highest BCUT2D eigenvalue weighted by Crippen LogP contribution is 2.35. The fraction of sp³-hybridized carbons (Fsp3) is 0.214. The molecule has 1 aliphatic rings. The molecule has 2 heterocycles. The molecular weight excluding hydrogens is 491 g/mol. The molecule has 8 heteroatoms. The maximum Gasteiger partial charge on any atom is 0.239 e. The van der Waals surface area contributed by atoms with Gasteiger partial charge in [0.1, 0.15) is 16.9 Å². The molecule has 0 radical (unpaired) electrons. The number of thiazole rings is 1. The number of benzene rings is 2. The molecule has 0 aliphatic heterocycles. The van der Waals surface area contributed by atoms with Gasteiger partial charge in [0.25, 0.3) is 0 Å². The Morgan fingerprint density at radius 1 is 1.19 bits per heavy atom. The lowest BCUT2D eigenvalue weighted by molar-refractivity contribution is -0.115. The number of carbonyl (C=O) groups excluding carboxylic acids is 1. The van der Waals surface area contributed by atoms with E-state index in [1.807, 2.05) is 17.5 Å². The lowest BCUT2D eigenvalue weighted by Crippen LogP contribution is -2.23. The normalized spacial score (nSPS) is 15.5. The SMILES string of the molecule is CC(Sc1nc2c(cc1C#N)CC(c1ccccc1)CC2)C(=O)Nc1nc(-c2ccc(F)cc2)cs1. The van der Waals surface area contributed by atoms with Crippen molar-refractivity contribution in [3.8, 4) is 17.3 Å². The first-order valence-corrected chi connectivity index (χ1v) is 13.4. The van der Waals surface area contributed by atoms with E-state index in [-0.39, 0.29) is 11.7 Å². The van der Waals surface area contributed by atoms with Gasteiger partial charge in [-0.3, -0.25) is 4.79 Å². The quantitative estimate of drug-likeness (QED) is 0.293. The first kappa shape index (κ1) is 24.2. The van der Waals surface area contributed by atoms with Crippen molar-refractivity contribution in [1.82, 2.24) is 9.97 Å². The Bertz CT molecular complexity index is 1430. The van der Waals surface area contributed by atoms with Crippen LogP contribution >= 0.6 is 23.1 Å². The minimum absolute atomic E-state index is 0.215. The van der Waals surface area contributed by atoms with Crippen LogP contribution in [0.2, 0.25) is 0 Å². The molecule has 0 fully saturated rings. The number of aromatic nitrogens is 2. The highest BCUT2D eigenvalue weighted by Gasteiger charge is 2.25. The predicted molar refractivity (Wildman–Crippen MR) is 142 cm³/mol. The smallest absolute Gasteiger partial charge is 0.239 e. The van der Waals surface area contributed by atoms with Crippen molar-refractivity contribution in [2.45, 2.75) is 42.4 Å². The summed E-state index contributed by atoms with van der Waals surface area (Å²) in [5.41, 5.74) is 5.40. The monoisotopic (exact) mass is 514 g/mol. The van der Waals surface area contributed by atoms with Crippen molar-refractivity contribution in [2.75, 3.05) is 5.32 Å². The lowest BCUT2D eigenvalue weighted by Gasteiger charge is -2.25. The van der Waals surface area contributed by atoms with E-state index in [4.69, 9.17) is 4.98 Å². The minimum Gasteiger partial charge on any atom is -0.301 e. The molecule has 36 heavy (non-hydrogen) atoms. The molecule has 1 amide bonds. The van der Waals surface area contributed by atoms with E-state index in [1.165, 1.54) is 40.8 Å². The maximum atomic E-state index is 13.2. The number of carbonyl (C=O) groups is 1. The van der Waals surface area contributed by atoms with Crippen LogP contribution in [0, 0.1) is 17.1 Å². The van der Waals surface area contributed by atoms with Crippen LogP contribution in [0.5, 0.6) is 0 Å². The van der Waals surface area contributed by atoms with Gasteiger partial charge in [-0.2, -0.15) is 5.26 Å². The highest BCUT2D eigenvalue weighted by molar-refractivity contribution is 8.00. The summed E-state index contributed by atoms with van der Waals surface area (Å²) >= 11 is 2.60. The van der Waals surface area contributed by atoms with E-state index < -0.39 is 5.25 Å². The molecule has 2 unspecified atom stereocenters. The number of amides is 1. The number of hydrogen-bond donors (Lipinski definition) is 1. The number of fused-ring (bicyclic) bond motifs is 1. The van der Waals surface area contributed by atoms with Crippen LogP contribution in [0.15, 0.2) is 71.1 Å². The second-order valence-electron chi connectivity index (χ2n) is 8.70. The van der Waals surface area contributed by atoms with E-state index in [9.17, 15) is 14.4 Å². The van der Waals surface area contributed by atoms with Gasteiger partial charge in [-0.25, -0.2) is 14.4 Å². The summed E-state index contributed by atoms with van der Waals surface area (Å²) in [6.45, 7) is 1.79. The van der Waals surface area contributed by atoms with Gasteiger partial charge in [0.2, 0.25) is 5.91 Å². The molecule has 0 saturated carbocycles. The van der Waals surface area contributed by atoms with E-state index in [1.54, 1.807) is 19.1 Å². The van der Waals surface area contributed by atoms with E-state index in [0.717, 1.165) is 36.1 Å². The molecule has 1 aliphatic carbocycles. The van der Waals surface area contributed by atoms with Crippen LogP contribution in [0.1, 0.15) is 41.6 Å². The van der Waals surface area contributed by atoms with Gasteiger partial charge in [-0.1, -0.05) is 42.1 Å². The van der Waals surface area contributed by atoms with Gasteiger partial charge in [-0.15, -0.1) is 11.3 Å². The summed E-state index contributed by atoms with van der Waals surface area (Å²) in [5.74, 6) is -0.0993. The third-order valence-electron chi connectivity index (χ3n) is 6.28. The van der Waals surface area contributed by atoms with Crippen molar-refractivity contribution in [1.29, 1.82) is 5.26 Å². The minimum atomic E-state index is -0.471. The molecule has 0 bridgehead atoms. The topological polar surface area (TPSA) is 78.7 Å². The summed E-state index contributed by atoms with van der Waals surface area (Å²) < 4.78 is 13.2. The molecule has 5 rings (SSSR count). The summed E-state index contributed by atoms with van der Waals surface area (Å²) in [6, 6.07) is 20.7. The summed E-state index contributed by atoms with van der Waals surface area (Å²) in [5, 5.41) is 15.0. The molecular formula is C28H23FN4OS2. The molecule has 5 nitrogen and oxygen atoms in total. The Hall–Kier alpha value is -3.54. The van der Waals surface area contributed by atoms with Crippen LogP contribution in [-0.4, -0.2) is 21.1 Å². The zero-order valence-electron chi connectivity index (χ0n) is 19.6. The predicted octanol–water partition coefficient (Wildman–Crippen LogP) is 6.61. The number of nitrogens with zero attached hydrogens (tertiary/aromatic N) is 3. The second kappa shape index (κ2) is 10.6. The number of nitriles is 1. The number of thioether (sulfide) groups is 1. The van der Waals surface area contributed by atoms with Crippen molar-refractivity contribution in [3.05, 3.63) is 94.2 Å². The van der Waals surface area contributed by atoms with Crippen LogP contribution in [0.3, 0.4) is 0 Å². The average molecular weight is 515 g/mol. The number of anilines is 1. The van der Waals surface area contributed by atoms with Crippen LogP contribution < -0.4 is 5.32 Å². The second-order valence-corrected chi connectivity index (χ2v) is 10.9. The fourth-order valence-electron chi connectivity index (χ4n) is 4.34. The molecule has 0 saturated heterocycles. The lowest BCUT2D eigenvalue weighted by atomic mass is 9.82.